The van der Waals surface area contributed by atoms with Gasteiger partial charge in [-0.25, -0.2) is 0 Å². The van der Waals surface area contributed by atoms with Crippen molar-refractivity contribution >= 4 is 71.6 Å². The summed E-state index contributed by atoms with van der Waals surface area (Å²) in [5.74, 6) is 0. The Hall–Kier alpha value is -8.92. The summed E-state index contributed by atoms with van der Waals surface area (Å²) in [5.41, 5.74) is 19.0. The largest absolute Gasteiger partial charge is 0.455 e. The van der Waals surface area contributed by atoms with Crippen molar-refractivity contribution in [2.45, 2.75) is 0 Å². The lowest BCUT2D eigenvalue weighted by Gasteiger charge is -2.26. The number of hydrogen-bond acceptors (Lipinski definition) is 2. The molecule has 0 aliphatic carbocycles. The van der Waals surface area contributed by atoms with E-state index in [1.165, 1.54) is 54.8 Å². The molecule has 320 valence electrons. The second-order valence-electron chi connectivity index (χ2n) is 17.7. The number of nitrogens with zero attached hydrogens (tertiary/aromatic N) is 2. The summed E-state index contributed by atoms with van der Waals surface area (Å²) in [4.78, 5) is 2.35. The molecule has 0 atom stereocenters. The van der Waals surface area contributed by atoms with Gasteiger partial charge in [0.2, 0.25) is 0 Å². The van der Waals surface area contributed by atoms with E-state index in [0.29, 0.717) is 0 Å². The van der Waals surface area contributed by atoms with Crippen LogP contribution in [0.5, 0.6) is 0 Å². The highest BCUT2D eigenvalue weighted by atomic mass is 16.3. The van der Waals surface area contributed by atoms with Gasteiger partial charge < -0.3 is 13.9 Å². The van der Waals surface area contributed by atoms with Crippen LogP contribution in [0.3, 0.4) is 0 Å². The van der Waals surface area contributed by atoms with Crippen LogP contribution in [0.4, 0.5) is 17.1 Å². The molecule has 3 heteroatoms. The molecule has 68 heavy (non-hydrogen) atoms. The molecule has 3 nitrogen and oxygen atoms in total. The van der Waals surface area contributed by atoms with E-state index in [4.69, 9.17) is 4.42 Å². The molecule has 2 aromatic heterocycles. The Labute approximate surface area is 395 Å². The fraction of sp³-hybridized carbons (Fsp3) is 0.0154. The average Bonchev–Trinajstić information content (AvgIpc) is 3.94. The van der Waals surface area contributed by atoms with E-state index in [1.54, 1.807) is 0 Å². The molecule has 0 saturated heterocycles. The van der Waals surface area contributed by atoms with Gasteiger partial charge in [-0.2, -0.15) is 0 Å². The third-order valence-corrected chi connectivity index (χ3v) is 13.8. The van der Waals surface area contributed by atoms with Crippen LogP contribution in [0.1, 0.15) is 0 Å². The smallest absolute Gasteiger partial charge is 0.143 e. The molecule has 0 aliphatic heterocycles. The number of aromatic nitrogens is 1. The van der Waals surface area contributed by atoms with Crippen molar-refractivity contribution in [3.63, 3.8) is 0 Å². The first-order valence-corrected chi connectivity index (χ1v) is 23.3. The van der Waals surface area contributed by atoms with Crippen LogP contribution in [0.15, 0.2) is 253 Å². The molecular weight excluding hydrogens is 825 g/mol. The fourth-order valence-electron chi connectivity index (χ4n) is 10.4. The van der Waals surface area contributed by atoms with Crippen molar-refractivity contribution in [2.24, 2.45) is 7.05 Å². The Kier molecular flexibility index (Phi) is 9.40. The molecule has 0 spiro atoms. The zero-order valence-corrected chi connectivity index (χ0v) is 37.5. The van der Waals surface area contributed by atoms with Crippen molar-refractivity contribution in [1.29, 1.82) is 0 Å². The third kappa shape index (κ3) is 6.67. The topological polar surface area (TPSA) is 21.3 Å². The monoisotopic (exact) mass is 868 g/mol. The zero-order valence-electron chi connectivity index (χ0n) is 37.5. The molecule has 11 aromatic carbocycles. The van der Waals surface area contributed by atoms with Crippen LogP contribution in [0, 0.1) is 0 Å². The molecule has 0 N–H and O–H groups in total. The molecule has 0 unspecified atom stereocenters. The van der Waals surface area contributed by atoms with Crippen LogP contribution in [0.2, 0.25) is 0 Å². The minimum atomic E-state index is 0.904. The minimum absolute atomic E-state index is 0.904. The fourth-order valence-corrected chi connectivity index (χ4v) is 10.4. The van der Waals surface area contributed by atoms with Gasteiger partial charge in [-0.3, -0.25) is 0 Å². The minimum Gasteiger partial charge on any atom is -0.455 e. The van der Waals surface area contributed by atoms with Gasteiger partial charge in [0, 0.05) is 67.8 Å². The maximum Gasteiger partial charge on any atom is 0.143 e. The van der Waals surface area contributed by atoms with Gasteiger partial charge in [-0.15, -0.1) is 0 Å². The van der Waals surface area contributed by atoms with Gasteiger partial charge in [0.15, 0.2) is 0 Å². The van der Waals surface area contributed by atoms with E-state index in [0.717, 1.165) is 72.4 Å². The quantitative estimate of drug-likeness (QED) is 0.152. The van der Waals surface area contributed by atoms with Crippen LogP contribution in [-0.2, 0) is 7.05 Å². The molecule has 0 saturated carbocycles. The van der Waals surface area contributed by atoms with Crippen molar-refractivity contribution in [3.8, 4) is 55.6 Å². The van der Waals surface area contributed by atoms with E-state index >= 15 is 0 Å². The predicted molar refractivity (Wildman–Crippen MR) is 287 cm³/mol. The number of rotatable bonds is 8. The molecule has 0 fully saturated rings. The maximum atomic E-state index is 6.80. The summed E-state index contributed by atoms with van der Waals surface area (Å²) >= 11 is 0. The van der Waals surface area contributed by atoms with E-state index in [2.05, 4.69) is 265 Å². The normalized spacial score (nSPS) is 11.6. The van der Waals surface area contributed by atoms with E-state index in [-0.39, 0.29) is 0 Å². The van der Waals surface area contributed by atoms with Crippen LogP contribution in [-0.4, -0.2) is 4.57 Å². The van der Waals surface area contributed by atoms with E-state index in [1.807, 2.05) is 0 Å². The van der Waals surface area contributed by atoms with Crippen molar-refractivity contribution in [2.75, 3.05) is 4.90 Å². The summed E-state index contributed by atoms with van der Waals surface area (Å²) in [6.07, 6.45) is 0. The second kappa shape index (κ2) is 16.2. The molecule has 13 aromatic rings. The lowest BCUT2D eigenvalue weighted by molar-refractivity contribution is 0.671. The lowest BCUT2D eigenvalue weighted by Crippen LogP contribution is -2.09. The number of furan rings is 1. The van der Waals surface area contributed by atoms with Gasteiger partial charge in [0.25, 0.3) is 0 Å². The molecule has 0 radical (unpaired) electrons. The maximum absolute atomic E-state index is 6.80. The van der Waals surface area contributed by atoms with E-state index in [9.17, 15) is 0 Å². The zero-order chi connectivity index (χ0) is 45.1. The number of fused-ring (bicyclic) bond motifs is 8. The first-order chi connectivity index (χ1) is 33.6. The Bertz CT molecular complexity index is 4000. The number of aryl methyl sites for hydroxylation is 1. The highest BCUT2D eigenvalue weighted by Gasteiger charge is 2.18. The number of benzene rings is 11. The highest BCUT2D eigenvalue weighted by molar-refractivity contribution is 6.21. The SMILES string of the molecule is Cn1c2ccc(-c3ccc(N(c4ccc(-c5ccccc5)cc4)c4ccc(-c5cccc(-c6cccc7c6oc6c(-c8ccccc8)cccc67)c5)cc4)cc3)cc2c2c3ccccc3ccc21. The first-order valence-electron chi connectivity index (χ1n) is 23.3. The number of anilines is 3. The Morgan fingerprint density at radius 1 is 0.309 bits per heavy atom. The van der Waals surface area contributed by atoms with Crippen LogP contribution < -0.4 is 4.90 Å². The van der Waals surface area contributed by atoms with Gasteiger partial charge in [-0.05, 0) is 116 Å². The average molecular weight is 869 g/mol. The predicted octanol–water partition coefficient (Wildman–Crippen LogP) is 18.2. The summed E-state index contributed by atoms with van der Waals surface area (Å²) in [5, 5.41) is 7.37. The Morgan fingerprint density at radius 2 is 0.750 bits per heavy atom. The Balaban J connectivity index is 0.859. The lowest BCUT2D eigenvalue weighted by atomic mass is 9.97. The van der Waals surface area contributed by atoms with Gasteiger partial charge in [0.05, 0.1) is 0 Å². The molecule has 0 amide bonds. The molecule has 2 heterocycles. The van der Waals surface area contributed by atoms with Gasteiger partial charge in [-0.1, -0.05) is 188 Å². The standard InChI is InChI=1S/C65H44N2O/c1-66-61-39-32-50(42-60(61)63-55-20-9-8-17-48(55)31-40-62(63)66)46-29-37-54(38-30-46)67(52-33-25-44(26-34-52)43-13-4-2-5-14-43)53-35-27-45(28-36-53)49-18-10-19-51(41-49)57-22-12-24-59-58-23-11-21-56(64(58)68-65(57)59)47-15-6-3-7-16-47/h2-42H,1H3. The van der Waals surface area contributed by atoms with Crippen molar-refractivity contribution in [1.82, 2.24) is 4.57 Å². The number of para-hydroxylation sites is 2. The van der Waals surface area contributed by atoms with Gasteiger partial charge in [0.1, 0.15) is 11.2 Å². The highest BCUT2D eigenvalue weighted by Crippen LogP contribution is 2.43. The van der Waals surface area contributed by atoms with Crippen LogP contribution in [0.25, 0.3) is 110 Å². The van der Waals surface area contributed by atoms with Gasteiger partial charge >= 0.3 is 0 Å². The van der Waals surface area contributed by atoms with Crippen LogP contribution >= 0.6 is 0 Å². The first kappa shape index (κ1) is 39.4. The summed E-state index contributed by atoms with van der Waals surface area (Å²) in [7, 11) is 2.17. The molecule has 0 bridgehead atoms. The third-order valence-electron chi connectivity index (χ3n) is 13.8. The summed E-state index contributed by atoms with van der Waals surface area (Å²) < 4.78 is 9.12. The second-order valence-corrected chi connectivity index (χ2v) is 17.7. The molecule has 13 rings (SSSR count). The summed E-state index contributed by atoms with van der Waals surface area (Å²) in [6.45, 7) is 0. The summed E-state index contributed by atoms with van der Waals surface area (Å²) in [6, 6.07) is 89.8. The molecular formula is C65H44N2O. The molecule has 0 aliphatic rings. The van der Waals surface area contributed by atoms with Crippen molar-refractivity contribution < 1.29 is 4.42 Å². The van der Waals surface area contributed by atoms with Crippen molar-refractivity contribution in [3.05, 3.63) is 249 Å². The van der Waals surface area contributed by atoms with E-state index < -0.39 is 0 Å². The number of hydrogen-bond donors (Lipinski definition) is 0. The Morgan fingerprint density at radius 3 is 1.38 bits per heavy atom.